The molecule has 1 aromatic carbocycles. The maximum atomic E-state index is 11.9. The van der Waals surface area contributed by atoms with Crippen LogP contribution in [0.25, 0.3) is 0 Å². The first kappa shape index (κ1) is 10.9. The van der Waals surface area contributed by atoms with Crippen LogP contribution in [0.15, 0.2) is 35.3 Å². The summed E-state index contributed by atoms with van der Waals surface area (Å²) in [7, 11) is 0. The Morgan fingerprint density at radius 3 is 2.25 bits per heavy atom. The lowest BCUT2D eigenvalue weighted by atomic mass is 9.90. The van der Waals surface area contributed by atoms with E-state index in [1.54, 1.807) is 0 Å². The highest BCUT2D eigenvalue weighted by Crippen LogP contribution is 2.27. The number of benzene rings is 1. The van der Waals surface area contributed by atoms with E-state index < -0.39 is 12.1 Å². The number of aliphatic imine (C=N–C) groups is 1. The molecule has 0 saturated carbocycles. The minimum atomic E-state index is -0.999. The van der Waals surface area contributed by atoms with Crippen LogP contribution < -0.4 is 17.2 Å². The third-order valence-corrected chi connectivity index (χ3v) is 2.57. The second kappa shape index (κ2) is 4.13. The molecular formula is C11H14N4O. The highest BCUT2D eigenvalue weighted by atomic mass is 16.1. The number of Topliss-reactive ketones (excluding diaryl/α,β-unsaturated/α-hetero) is 1. The van der Waals surface area contributed by atoms with Gasteiger partial charge in [0.25, 0.3) is 0 Å². The van der Waals surface area contributed by atoms with Crippen molar-refractivity contribution in [2.75, 3.05) is 0 Å². The van der Waals surface area contributed by atoms with E-state index in [2.05, 4.69) is 4.99 Å². The van der Waals surface area contributed by atoms with Crippen molar-refractivity contribution in [3.63, 3.8) is 0 Å². The van der Waals surface area contributed by atoms with Crippen molar-refractivity contribution in [2.24, 2.45) is 22.2 Å². The molecule has 2 atom stereocenters. The fourth-order valence-corrected chi connectivity index (χ4v) is 1.69. The Kier molecular flexibility index (Phi) is 2.82. The third kappa shape index (κ3) is 2.01. The molecule has 0 amide bonds. The standard InChI is InChI=1S/C11H14N4O/c12-10(13)9(16)7(8-11(14)15-8)6-4-2-1-3-5-6/h1-5,7,10-11H,12-14H2. The van der Waals surface area contributed by atoms with Crippen LogP contribution >= 0.6 is 0 Å². The van der Waals surface area contributed by atoms with Crippen molar-refractivity contribution in [3.05, 3.63) is 35.9 Å². The Labute approximate surface area is 93.3 Å². The number of hydrogen-bond acceptors (Lipinski definition) is 5. The number of rotatable bonds is 4. The molecule has 1 aliphatic rings. The van der Waals surface area contributed by atoms with Gasteiger partial charge in [-0.3, -0.25) is 9.79 Å². The van der Waals surface area contributed by atoms with E-state index in [4.69, 9.17) is 17.2 Å². The molecular weight excluding hydrogens is 204 g/mol. The molecule has 0 radical (unpaired) electrons. The number of hydrogen-bond donors (Lipinski definition) is 3. The van der Waals surface area contributed by atoms with E-state index in [0.717, 1.165) is 5.56 Å². The van der Waals surface area contributed by atoms with E-state index in [0.29, 0.717) is 5.71 Å². The Morgan fingerprint density at radius 1 is 1.25 bits per heavy atom. The summed E-state index contributed by atoms with van der Waals surface area (Å²) in [6.45, 7) is 0. The number of nitrogens with two attached hydrogens (primary N) is 3. The summed E-state index contributed by atoms with van der Waals surface area (Å²) in [6.07, 6.45) is -1.35. The topological polar surface area (TPSA) is 107 Å². The van der Waals surface area contributed by atoms with Gasteiger partial charge in [-0.15, -0.1) is 0 Å². The molecule has 5 heteroatoms. The van der Waals surface area contributed by atoms with E-state index in [9.17, 15) is 4.79 Å². The SMILES string of the molecule is NC(N)C(=O)C(C1=NC1N)c1ccccc1. The third-order valence-electron chi connectivity index (χ3n) is 2.57. The highest BCUT2D eigenvalue weighted by molar-refractivity contribution is 6.18. The lowest BCUT2D eigenvalue weighted by Gasteiger charge is -2.14. The highest BCUT2D eigenvalue weighted by Gasteiger charge is 2.38. The molecule has 1 aromatic rings. The first-order valence-corrected chi connectivity index (χ1v) is 5.04. The van der Waals surface area contributed by atoms with Gasteiger partial charge in [0, 0.05) is 0 Å². The zero-order chi connectivity index (χ0) is 11.7. The van der Waals surface area contributed by atoms with Crippen LogP contribution in [0.1, 0.15) is 11.5 Å². The average molecular weight is 218 g/mol. The fourth-order valence-electron chi connectivity index (χ4n) is 1.69. The molecule has 0 bridgehead atoms. The van der Waals surface area contributed by atoms with Gasteiger partial charge in [0.1, 0.15) is 12.3 Å². The lowest BCUT2D eigenvalue weighted by Crippen LogP contribution is -2.44. The van der Waals surface area contributed by atoms with Crippen LogP contribution in [-0.2, 0) is 4.79 Å². The second-order valence-electron chi connectivity index (χ2n) is 3.77. The summed E-state index contributed by atoms with van der Waals surface area (Å²) in [4.78, 5) is 15.9. The predicted molar refractivity (Wildman–Crippen MR) is 61.8 cm³/mol. The van der Waals surface area contributed by atoms with Gasteiger partial charge in [-0.1, -0.05) is 30.3 Å². The molecule has 1 aliphatic heterocycles. The van der Waals surface area contributed by atoms with Crippen LogP contribution in [-0.4, -0.2) is 23.8 Å². The number of ketones is 1. The Hall–Kier alpha value is -1.56. The zero-order valence-corrected chi connectivity index (χ0v) is 8.71. The number of carbonyl (C=O) groups excluding carboxylic acids is 1. The summed E-state index contributed by atoms with van der Waals surface area (Å²) in [5.74, 6) is -0.742. The van der Waals surface area contributed by atoms with Crippen LogP contribution in [0.5, 0.6) is 0 Å². The molecule has 0 aromatic heterocycles. The molecule has 0 saturated heterocycles. The first-order valence-electron chi connectivity index (χ1n) is 5.04. The summed E-state index contributed by atoms with van der Waals surface area (Å²) in [6, 6.07) is 9.28. The maximum absolute atomic E-state index is 11.9. The second-order valence-corrected chi connectivity index (χ2v) is 3.77. The molecule has 2 unspecified atom stereocenters. The molecule has 5 nitrogen and oxygen atoms in total. The van der Waals surface area contributed by atoms with E-state index in [1.165, 1.54) is 0 Å². The van der Waals surface area contributed by atoms with Crippen molar-refractivity contribution in [3.8, 4) is 0 Å². The molecule has 6 N–H and O–H groups in total. The van der Waals surface area contributed by atoms with Gasteiger partial charge in [-0.2, -0.15) is 0 Å². The Morgan fingerprint density at radius 2 is 1.81 bits per heavy atom. The van der Waals surface area contributed by atoms with Gasteiger partial charge in [0.2, 0.25) is 0 Å². The predicted octanol–water partition coefficient (Wildman–Crippen LogP) is -0.678. The first-order chi connectivity index (χ1) is 7.61. The van der Waals surface area contributed by atoms with Crippen LogP contribution in [0.3, 0.4) is 0 Å². The molecule has 84 valence electrons. The normalized spacial score (nSPS) is 20.5. The van der Waals surface area contributed by atoms with Gasteiger partial charge in [0.05, 0.1) is 11.6 Å². The number of carbonyl (C=O) groups is 1. The number of nitrogens with zero attached hydrogens (tertiary/aromatic N) is 1. The van der Waals surface area contributed by atoms with Gasteiger partial charge < -0.3 is 17.2 Å². The van der Waals surface area contributed by atoms with E-state index in [1.807, 2.05) is 30.3 Å². The molecule has 0 aliphatic carbocycles. The van der Waals surface area contributed by atoms with Crippen molar-refractivity contribution in [1.82, 2.24) is 0 Å². The summed E-state index contributed by atoms with van der Waals surface area (Å²) in [5.41, 5.74) is 17.9. The molecule has 0 fully saturated rings. The molecule has 1 heterocycles. The van der Waals surface area contributed by atoms with Crippen LogP contribution in [0.4, 0.5) is 0 Å². The van der Waals surface area contributed by atoms with Crippen LogP contribution in [0.2, 0.25) is 0 Å². The molecule has 2 rings (SSSR count). The Bertz CT molecular complexity index is 427. The van der Waals surface area contributed by atoms with E-state index in [-0.39, 0.29) is 11.9 Å². The molecule has 0 spiro atoms. The largest absolute Gasteiger partial charge is 0.310 e. The summed E-state index contributed by atoms with van der Waals surface area (Å²) in [5, 5.41) is 0. The smallest absolute Gasteiger partial charge is 0.176 e. The maximum Gasteiger partial charge on any atom is 0.176 e. The zero-order valence-electron chi connectivity index (χ0n) is 8.71. The van der Waals surface area contributed by atoms with Gasteiger partial charge in [-0.05, 0) is 5.56 Å². The van der Waals surface area contributed by atoms with E-state index >= 15 is 0 Å². The Balaban J connectivity index is 2.30. The van der Waals surface area contributed by atoms with Crippen molar-refractivity contribution in [1.29, 1.82) is 0 Å². The summed E-state index contributed by atoms with van der Waals surface area (Å²) >= 11 is 0. The van der Waals surface area contributed by atoms with Crippen molar-refractivity contribution < 1.29 is 4.79 Å². The average Bonchev–Trinajstić information content (AvgIpc) is 2.97. The minimum absolute atomic E-state index is 0.252. The monoisotopic (exact) mass is 218 g/mol. The van der Waals surface area contributed by atoms with Gasteiger partial charge in [0.15, 0.2) is 5.78 Å². The van der Waals surface area contributed by atoms with Gasteiger partial charge >= 0.3 is 0 Å². The minimum Gasteiger partial charge on any atom is -0.310 e. The lowest BCUT2D eigenvalue weighted by molar-refractivity contribution is -0.120. The quantitative estimate of drug-likeness (QED) is 0.582. The molecule has 16 heavy (non-hydrogen) atoms. The summed E-state index contributed by atoms with van der Waals surface area (Å²) < 4.78 is 0. The van der Waals surface area contributed by atoms with Gasteiger partial charge in [-0.25, -0.2) is 0 Å². The van der Waals surface area contributed by atoms with Crippen molar-refractivity contribution in [2.45, 2.75) is 18.2 Å². The fraction of sp³-hybridized carbons (Fsp3) is 0.273. The van der Waals surface area contributed by atoms with Crippen LogP contribution in [0, 0.1) is 0 Å². The van der Waals surface area contributed by atoms with Crippen molar-refractivity contribution >= 4 is 11.5 Å².